The van der Waals surface area contributed by atoms with E-state index in [0.29, 0.717) is 67.9 Å². The van der Waals surface area contributed by atoms with Gasteiger partial charge in [-0.1, -0.05) is 0 Å². The molecule has 2 aromatic carbocycles. The molecule has 210 valence electrons. The first-order valence-electron chi connectivity index (χ1n) is 12.7. The van der Waals surface area contributed by atoms with Gasteiger partial charge >= 0.3 is 0 Å². The second-order valence-corrected chi connectivity index (χ2v) is 9.90. The lowest BCUT2D eigenvalue weighted by molar-refractivity contribution is -0.144. The molecule has 1 aliphatic rings. The van der Waals surface area contributed by atoms with Crippen molar-refractivity contribution >= 4 is 16.8 Å². The average Bonchev–Trinajstić information content (AvgIpc) is 2.93. The Balaban J connectivity index is 1.40. The molecule has 0 spiro atoms. The number of amides is 1. The number of aromatic nitrogens is 1. The van der Waals surface area contributed by atoms with E-state index in [4.69, 9.17) is 9.47 Å². The first kappa shape index (κ1) is 28.6. The Hall–Kier alpha value is -3.41. The fraction of sp³-hybridized carbons (Fsp3) is 0.429. The van der Waals surface area contributed by atoms with Gasteiger partial charge in [0.15, 0.2) is 17.4 Å². The minimum Gasteiger partial charge on any atom is -0.497 e. The van der Waals surface area contributed by atoms with Crippen molar-refractivity contribution in [2.75, 3.05) is 33.4 Å². The van der Waals surface area contributed by atoms with Gasteiger partial charge in [0, 0.05) is 30.3 Å². The number of carbonyl (C=O) groups is 1. The van der Waals surface area contributed by atoms with E-state index in [0.717, 1.165) is 10.9 Å². The van der Waals surface area contributed by atoms with Crippen LogP contribution in [0, 0.1) is 29.8 Å². The van der Waals surface area contributed by atoms with Crippen LogP contribution >= 0.6 is 0 Å². The summed E-state index contributed by atoms with van der Waals surface area (Å²) in [6, 6.07) is 6.56. The zero-order valence-electron chi connectivity index (χ0n) is 21.8. The summed E-state index contributed by atoms with van der Waals surface area (Å²) in [5.41, 5.74) is 3.13. The quantitative estimate of drug-likeness (QED) is 0.255. The second kappa shape index (κ2) is 12.2. The molecule has 3 aromatic rings. The van der Waals surface area contributed by atoms with Crippen LogP contribution in [-0.4, -0.2) is 59.5 Å². The molecule has 0 radical (unpaired) electrons. The van der Waals surface area contributed by atoms with Crippen molar-refractivity contribution in [2.24, 2.45) is 5.41 Å². The van der Waals surface area contributed by atoms with Crippen LogP contribution in [0.2, 0.25) is 0 Å². The number of piperidine rings is 1. The molecule has 0 aliphatic carbocycles. The number of halogens is 3. The lowest BCUT2D eigenvalue weighted by Crippen LogP contribution is -2.49. The Morgan fingerprint density at radius 1 is 1.18 bits per heavy atom. The Labute approximate surface area is 224 Å². The molecule has 39 heavy (non-hydrogen) atoms. The lowest BCUT2D eigenvalue weighted by atomic mass is 9.73. The molecule has 1 saturated heterocycles. The van der Waals surface area contributed by atoms with Crippen molar-refractivity contribution in [2.45, 2.75) is 38.7 Å². The zero-order chi connectivity index (χ0) is 28.2. The maximum Gasteiger partial charge on any atom is 0.249 e. The number of likely N-dealkylation sites (tertiary alicyclic amines) is 1. The molecule has 11 heteroatoms. The highest BCUT2D eigenvalue weighted by Gasteiger charge is 2.41. The van der Waals surface area contributed by atoms with Crippen LogP contribution in [0.4, 0.5) is 13.2 Å². The van der Waals surface area contributed by atoms with Crippen LogP contribution in [0.5, 0.6) is 11.5 Å². The molecule has 3 N–H and O–H groups in total. The highest BCUT2D eigenvalue weighted by Crippen LogP contribution is 2.40. The second-order valence-electron chi connectivity index (χ2n) is 9.90. The topological polar surface area (TPSA) is 104 Å². The molecule has 1 fully saturated rings. The number of nitrogens with one attached hydrogen (secondary N) is 1. The van der Waals surface area contributed by atoms with Gasteiger partial charge < -0.3 is 14.6 Å². The van der Waals surface area contributed by atoms with Crippen LogP contribution in [0.25, 0.3) is 10.9 Å². The summed E-state index contributed by atoms with van der Waals surface area (Å²) in [5.74, 6) is -3.75. The van der Waals surface area contributed by atoms with Gasteiger partial charge in [-0.05, 0) is 75.0 Å². The largest absolute Gasteiger partial charge is 0.497 e. The van der Waals surface area contributed by atoms with Crippen LogP contribution in [0.3, 0.4) is 0 Å². The van der Waals surface area contributed by atoms with Crippen molar-refractivity contribution in [3.8, 4) is 11.5 Å². The Kier molecular flexibility index (Phi) is 8.94. The van der Waals surface area contributed by atoms with Gasteiger partial charge in [-0.25, -0.2) is 18.7 Å². The molecular weight excluding hydrogens is 515 g/mol. The molecule has 8 nitrogen and oxygen atoms in total. The molecule has 1 amide bonds. The monoisotopic (exact) mass is 547 g/mol. The van der Waals surface area contributed by atoms with Crippen molar-refractivity contribution in [1.82, 2.24) is 15.4 Å². The molecule has 0 bridgehead atoms. The van der Waals surface area contributed by atoms with Gasteiger partial charge in [0.1, 0.15) is 18.2 Å². The van der Waals surface area contributed by atoms with Gasteiger partial charge in [0.05, 0.1) is 24.1 Å². The van der Waals surface area contributed by atoms with E-state index in [2.05, 4.69) is 4.98 Å². The molecule has 4 rings (SSSR count). The lowest BCUT2D eigenvalue weighted by Gasteiger charge is -2.40. The molecule has 1 aliphatic heterocycles. The summed E-state index contributed by atoms with van der Waals surface area (Å²) in [4.78, 5) is 19.2. The number of hydrogen-bond donors (Lipinski definition) is 3. The number of methoxy groups -OCH3 is 1. The predicted molar refractivity (Wildman–Crippen MR) is 137 cm³/mol. The molecular formula is C28H32F3N3O5. The molecule has 2 heterocycles. The number of rotatable bonds is 10. The number of aliphatic hydroxyl groups is 1. The molecule has 1 atom stereocenters. The smallest absolute Gasteiger partial charge is 0.249 e. The summed E-state index contributed by atoms with van der Waals surface area (Å²) < 4.78 is 51.3. The summed E-state index contributed by atoms with van der Waals surface area (Å²) in [7, 11) is 1.57. The zero-order valence-corrected chi connectivity index (χ0v) is 21.8. The van der Waals surface area contributed by atoms with E-state index < -0.39 is 40.6 Å². The van der Waals surface area contributed by atoms with Gasteiger partial charge in [0.2, 0.25) is 5.91 Å². The highest BCUT2D eigenvalue weighted by molar-refractivity contribution is 5.85. The third-order valence-electron chi connectivity index (χ3n) is 7.56. The van der Waals surface area contributed by atoms with Crippen LogP contribution in [0.15, 0.2) is 36.5 Å². The maximum atomic E-state index is 13.8. The van der Waals surface area contributed by atoms with Crippen molar-refractivity contribution in [3.05, 3.63) is 65.1 Å². The number of aliphatic hydroxyl groups excluding tert-OH is 1. The fourth-order valence-electron chi connectivity index (χ4n) is 5.28. The number of benzene rings is 2. The average molecular weight is 548 g/mol. The van der Waals surface area contributed by atoms with E-state index in [1.807, 2.05) is 24.0 Å². The number of nitrogens with zero attached hydrogens (tertiary/aromatic N) is 2. The minimum absolute atomic E-state index is 0.0325. The van der Waals surface area contributed by atoms with Crippen molar-refractivity contribution in [3.63, 3.8) is 0 Å². The van der Waals surface area contributed by atoms with Crippen LogP contribution in [0.1, 0.15) is 42.9 Å². The van der Waals surface area contributed by atoms with Gasteiger partial charge in [0.25, 0.3) is 0 Å². The maximum absolute atomic E-state index is 13.8. The van der Waals surface area contributed by atoms with Crippen molar-refractivity contribution in [1.29, 1.82) is 0 Å². The SMILES string of the molecule is COc1ccc2ncc(C)c([C@H](O)CCC3(C(=O)NO)CCN(CCOc4c(F)cc(F)cc4F)CC3)c2c1. The summed E-state index contributed by atoms with van der Waals surface area (Å²) in [6.45, 7) is 3.10. The summed E-state index contributed by atoms with van der Waals surface area (Å²) in [5, 5.41) is 21.5. The molecule has 0 saturated carbocycles. The standard InChI is InChI=1S/C28H32F3N3O5/c1-17-16-32-23-4-3-19(38-2)15-20(23)25(17)24(35)5-6-28(27(36)33-37)7-9-34(10-8-28)11-12-39-26-21(30)13-18(29)14-22(26)31/h3-4,13-16,24,35,37H,5-12H2,1-2H3,(H,33,36)/t24-/m1/s1. The summed E-state index contributed by atoms with van der Waals surface area (Å²) >= 11 is 0. The Morgan fingerprint density at radius 2 is 1.87 bits per heavy atom. The van der Waals surface area contributed by atoms with E-state index >= 15 is 0 Å². The Bertz CT molecular complexity index is 1310. The molecule has 0 unspecified atom stereocenters. The number of aryl methyl sites for hydroxylation is 1. The highest BCUT2D eigenvalue weighted by atomic mass is 19.1. The first-order chi connectivity index (χ1) is 18.7. The van der Waals surface area contributed by atoms with Gasteiger partial charge in [-0.2, -0.15) is 0 Å². The minimum atomic E-state index is -1.11. The van der Waals surface area contributed by atoms with E-state index in [9.17, 15) is 28.3 Å². The van der Waals surface area contributed by atoms with Crippen molar-refractivity contribution < 1.29 is 37.8 Å². The normalized spacial score (nSPS) is 16.2. The Morgan fingerprint density at radius 3 is 2.51 bits per heavy atom. The van der Waals surface area contributed by atoms with Crippen LogP contribution < -0.4 is 15.0 Å². The van der Waals surface area contributed by atoms with E-state index in [-0.39, 0.29) is 13.0 Å². The van der Waals surface area contributed by atoms with Gasteiger partial charge in [-0.3, -0.25) is 19.9 Å². The van der Waals surface area contributed by atoms with E-state index in [1.165, 1.54) is 0 Å². The third kappa shape index (κ3) is 6.26. The van der Waals surface area contributed by atoms with Gasteiger partial charge in [-0.15, -0.1) is 0 Å². The fourth-order valence-corrected chi connectivity index (χ4v) is 5.28. The third-order valence-corrected chi connectivity index (χ3v) is 7.56. The number of hydrogen-bond acceptors (Lipinski definition) is 7. The number of ether oxygens (including phenoxy) is 2. The number of hydroxylamine groups is 1. The number of carbonyl (C=O) groups excluding carboxylic acids is 1. The molecule has 1 aromatic heterocycles. The van der Waals surface area contributed by atoms with E-state index in [1.54, 1.807) is 24.9 Å². The van der Waals surface area contributed by atoms with Crippen LogP contribution in [-0.2, 0) is 4.79 Å². The number of fused-ring (bicyclic) bond motifs is 1. The number of pyridine rings is 1. The summed E-state index contributed by atoms with van der Waals surface area (Å²) in [6.07, 6.45) is 2.22. The first-order valence-corrected chi connectivity index (χ1v) is 12.7. The predicted octanol–water partition coefficient (Wildman–Crippen LogP) is 4.45.